The maximum absolute atomic E-state index is 3.17. The molecule has 0 unspecified atom stereocenters. The Hall–Kier alpha value is -0.880. The van der Waals surface area contributed by atoms with Gasteiger partial charge in [0.15, 0.2) is 0 Å². The Morgan fingerprint density at radius 1 is 0.833 bits per heavy atom. The highest BCUT2D eigenvalue weighted by molar-refractivity contribution is 5.00. The van der Waals surface area contributed by atoms with E-state index in [2.05, 4.69) is 30.6 Å². The molecule has 0 aromatic heterocycles. The second-order valence-corrected chi connectivity index (χ2v) is 2.74. The summed E-state index contributed by atoms with van der Waals surface area (Å²) in [7, 11) is 0. The van der Waals surface area contributed by atoms with Crippen molar-refractivity contribution in [3.63, 3.8) is 0 Å². The summed E-state index contributed by atoms with van der Waals surface area (Å²) in [6, 6.07) is 0. The fraction of sp³-hybridized carbons (Fsp3) is 0.667. The third-order valence-corrected chi connectivity index (χ3v) is 1.56. The topological polar surface area (TPSA) is 0 Å². The summed E-state index contributed by atoms with van der Waals surface area (Å²) in [6.45, 7) is 4.07. The van der Waals surface area contributed by atoms with Crippen LogP contribution in [0.3, 0.4) is 0 Å². The number of hydrogen-bond acceptors (Lipinski definition) is 0. The van der Waals surface area contributed by atoms with Crippen molar-refractivity contribution in [2.24, 2.45) is 0 Å². The van der Waals surface area contributed by atoms with Gasteiger partial charge in [0.05, 0.1) is 0 Å². The fourth-order valence-corrected chi connectivity index (χ4v) is 0.832. The largest absolute Gasteiger partial charge is 0.107 e. The van der Waals surface area contributed by atoms with Gasteiger partial charge in [-0.3, -0.25) is 0 Å². The molecule has 0 atom stereocenters. The lowest BCUT2D eigenvalue weighted by Gasteiger charge is -1.85. The van der Waals surface area contributed by atoms with Crippen molar-refractivity contribution < 1.29 is 0 Å². The van der Waals surface area contributed by atoms with E-state index in [1.807, 2.05) is 6.92 Å². The molecular weight excluding hydrogens is 144 g/mol. The van der Waals surface area contributed by atoms with E-state index in [0.29, 0.717) is 0 Å². The summed E-state index contributed by atoms with van der Waals surface area (Å²) in [5.74, 6) is 12.2. The van der Waals surface area contributed by atoms with Crippen molar-refractivity contribution in [3.05, 3.63) is 0 Å². The summed E-state index contributed by atoms with van der Waals surface area (Å²) in [5, 5.41) is 0. The fourth-order valence-electron chi connectivity index (χ4n) is 0.832. The Morgan fingerprint density at radius 2 is 1.42 bits per heavy atom. The van der Waals surface area contributed by atoms with Crippen LogP contribution >= 0.6 is 0 Å². The normalized spacial score (nSPS) is 7.83. The highest BCUT2D eigenvalue weighted by atomic mass is 13.8. The van der Waals surface area contributed by atoms with Crippen molar-refractivity contribution in [1.29, 1.82) is 0 Å². The molecule has 0 radical (unpaired) electrons. The Labute approximate surface area is 76.8 Å². The first-order valence-corrected chi connectivity index (χ1v) is 4.77. The van der Waals surface area contributed by atoms with Crippen molar-refractivity contribution in [3.8, 4) is 23.7 Å². The number of hydrogen-bond donors (Lipinski definition) is 0. The maximum Gasteiger partial charge on any atom is 0.00977 e. The summed E-state index contributed by atoms with van der Waals surface area (Å²) in [6.07, 6.45) is 6.69. The molecule has 0 aromatic rings. The molecule has 0 saturated carbocycles. The molecule has 0 spiro atoms. The minimum Gasteiger partial charge on any atom is -0.107 e. The molecule has 0 heterocycles. The Morgan fingerprint density at radius 3 is 2.00 bits per heavy atom. The van der Waals surface area contributed by atoms with Gasteiger partial charge in [0.2, 0.25) is 0 Å². The van der Waals surface area contributed by atoms with Gasteiger partial charge in [-0.05, 0) is 19.8 Å². The van der Waals surface area contributed by atoms with E-state index < -0.39 is 0 Å². The molecule has 0 aliphatic heterocycles. The molecule has 0 aromatic carbocycles. The second-order valence-electron chi connectivity index (χ2n) is 2.74. The van der Waals surface area contributed by atoms with E-state index in [-0.39, 0.29) is 0 Å². The lowest BCUT2D eigenvalue weighted by molar-refractivity contribution is 0.825. The van der Waals surface area contributed by atoms with Crippen LogP contribution in [0, 0.1) is 23.7 Å². The quantitative estimate of drug-likeness (QED) is 0.439. The minimum absolute atomic E-state index is 0.999. The van der Waals surface area contributed by atoms with Crippen LogP contribution in [0.25, 0.3) is 0 Å². The van der Waals surface area contributed by atoms with Gasteiger partial charge in [0, 0.05) is 19.3 Å². The third-order valence-electron chi connectivity index (χ3n) is 1.56. The van der Waals surface area contributed by atoms with Gasteiger partial charge >= 0.3 is 0 Å². The summed E-state index contributed by atoms with van der Waals surface area (Å²) in [4.78, 5) is 0. The van der Waals surface area contributed by atoms with Gasteiger partial charge in [0.1, 0.15) is 0 Å². The molecule has 12 heavy (non-hydrogen) atoms. The monoisotopic (exact) mass is 162 g/mol. The zero-order valence-electron chi connectivity index (χ0n) is 8.24. The summed E-state index contributed by atoms with van der Waals surface area (Å²) < 4.78 is 0. The highest BCUT2D eigenvalue weighted by Crippen LogP contribution is 1.94. The van der Waals surface area contributed by atoms with Gasteiger partial charge in [-0.25, -0.2) is 0 Å². The van der Waals surface area contributed by atoms with Crippen LogP contribution in [-0.2, 0) is 0 Å². The zero-order valence-corrected chi connectivity index (χ0v) is 8.24. The SMILES string of the molecule is CC#CCCCC#CCCCC. The smallest absolute Gasteiger partial charge is 0.00977 e. The lowest BCUT2D eigenvalue weighted by Crippen LogP contribution is -1.71. The molecule has 0 nitrogen and oxygen atoms in total. The van der Waals surface area contributed by atoms with Crippen LogP contribution < -0.4 is 0 Å². The van der Waals surface area contributed by atoms with Gasteiger partial charge < -0.3 is 0 Å². The van der Waals surface area contributed by atoms with Crippen LogP contribution in [0.2, 0.25) is 0 Å². The van der Waals surface area contributed by atoms with Gasteiger partial charge in [-0.15, -0.1) is 23.7 Å². The molecule has 0 fully saturated rings. The summed E-state index contributed by atoms with van der Waals surface area (Å²) in [5.41, 5.74) is 0. The molecule has 0 amide bonds. The first kappa shape index (κ1) is 11.1. The van der Waals surface area contributed by atoms with E-state index in [1.165, 1.54) is 12.8 Å². The Balaban J connectivity index is 3.14. The van der Waals surface area contributed by atoms with Crippen molar-refractivity contribution in [2.75, 3.05) is 0 Å². The Bertz CT molecular complexity index is 192. The van der Waals surface area contributed by atoms with Crippen LogP contribution in [0.1, 0.15) is 52.4 Å². The van der Waals surface area contributed by atoms with E-state index in [9.17, 15) is 0 Å². The zero-order chi connectivity index (χ0) is 9.07. The maximum atomic E-state index is 3.17. The molecule has 0 N–H and O–H groups in total. The molecule has 0 heteroatoms. The standard InChI is InChI=1S/C12H18/c1-3-5-7-9-11-12-10-8-6-4-2/h3,5,7-8,10,12H2,1-2H3. The van der Waals surface area contributed by atoms with Crippen molar-refractivity contribution in [1.82, 2.24) is 0 Å². The van der Waals surface area contributed by atoms with Gasteiger partial charge in [-0.2, -0.15) is 0 Å². The van der Waals surface area contributed by atoms with Crippen molar-refractivity contribution >= 4 is 0 Å². The first-order valence-electron chi connectivity index (χ1n) is 4.77. The molecule has 0 aliphatic carbocycles. The van der Waals surface area contributed by atoms with E-state index in [1.54, 1.807) is 0 Å². The molecule has 66 valence electrons. The molecule has 0 bridgehead atoms. The molecule has 0 saturated heterocycles. The van der Waals surface area contributed by atoms with Gasteiger partial charge in [-0.1, -0.05) is 13.3 Å². The van der Waals surface area contributed by atoms with E-state index >= 15 is 0 Å². The predicted octanol–water partition coefficient (Wildman–Crippen LogP) is 3.37. The predicted molar refractivity (Wildman–Crippen MR) is 54.6 cm³/mol. The average molecular weight is 162 g/mol. The average Bonchev–Trinajstić information content (AvgIpc) is 2.10. The number of unbranched alkanes of at least 4 members (excludes halogenated alkanes) is 4. The molecule has 0 rings (SSSR count). The van der Waals surface area contributed by atoms with Crippen LogP contribution in [0.15, 0.2) is 0 Å². The highest BCUT2D eigenvalue weighted by Gasteiger charge is 1.79. The Kier molecular flexibility index (Phi) is 9.38. The lowest BCUT2D eigenvalue weighted by atomic mass is 10.2. The second kappa shape index (κ2) is 10.1. The van der Waals surface area contributed by atoms with Crippen LogP contribution in [-0.4, -0.2) is 0 Å². The number of rotatable bonds is 4. The van der Waals surface area contributed by atoms with E-state index in [0.717, 1.165) is 25.7 Å². The van der Waals surface area contributed by atoms with Gasteiger partial charge in [0.25, 0.3) is 0 Å². The van der Waals surface area contributed by atoms with Crippen LogP contribution in [0.4, 0.5) is 0 Å². The third kappa shape index (κ3) is 9.12. The molecular formula is C12H18. The van der Waals surface area contributed by atoms with E-state index in [4.69, 9.17) is 0 Å². The minimum atomic E-state index is 0.999. The first-order chi connectivity index (χ1) is 5.91. The van der Waals surface area contributed by atoms with Crippen molar-refractivity contribution in [2.45, 2.75) is 52.4 Å². The summed E-state index contributed by atoms with van der Waals surface area (Å²) >= 11 is 0. The van der Waals surface area contributed by atoms with Crippen LogP contribution in [0.5, 0.6) is 0 Å². The molecule has 0 aliphatic rings.